The molecule has 0 unspecified atom stereocenters. The Morgan fingerprint density at radius 1 is 0.681 bits per heavy atom. The third-order valence-corrected chi connectivity index (χ3v) is 23.4. The first-order chi connectivity index (χ1) is 33.4. The molecule has 4 aliphatic heterocycles. The molecule has 11 atom stereocenters. The number of nitrogens with one attached hydrogen (secondary N) is 1. The minimum Gasteiger partial charge on any atom is -0.467 e. The first-order valence-corrected chi connectivity index (χ1v) is 31.1. The molecule has 72 heavy (non-hydrogen) atoms. The SMILES string of the molecule is COC(=O)[C@@H](Cc1ccc(O[C@@H]2O[C@@H](CO[Si](C)(C)C(C)(C)C)[C@H](O[C@@H]3O[C@@H](CO[Si](C)(C)C(C)(C)C)[C@H](OC(=O)CC(C)C)[C@H]4OC(C)(C)O[C@@H]34)[C@H]3OC(C)(C)O[C@@H]23)cc1)NC(=O)OCc1ccccc1. The van der Waals surface area contributed by atoms with E-state index in [-0.39, 0.29) is 54.6 Å². The zero-order chi connectivity index (χ0) is 53.2. The quantitative estimate of drug-likeness (QED) is 0.0799. The number of hydrogen-bond acceptors (Lipinski definition) is 16. The van der Waals surface area contributed by atoms with Crippen molar-refractivity contribution in [3.05, 3.63) is 65.7 Å². The molecular weight excluding hydrogens is 963 g/mol. The molecule has 17 nitrogen and oxygen atoms in total. The second-order valence-electron chi connectivity index (χ2n) is 23.8. The van der Waals surface area contributed by atoms with E-state index in [0.29, 0.717) is 5.75 Å². The highest BCUT2D eigenvalue weighted by Gasteiger charge is 2.62. The van der Waals surface area contributed by atoms with Gasteiger partial charge in [0.15, 0.2) is 46.7 Å². The van der Waals surface area contributed by atoms with Crippen LogP contribution in [0.15, 0.2) is 54.6 Å². The van der Waals surface area contributed by atoms with Crippen molar-refractivity contribution in [2.75, 3.05) is 20.3 Å². The molecule has 0 spiro atoms. The highest BCUT2D eigenvalue weighted by Crippen LogP contribution is 2.46. The summed E-state index contributed by atoms with van der Waals surface area (Å²) in [6.45, 7) is 33.2. The summed E-state index contributed by atoms with van der Waals surface area (Å²) in [4.78, 5) is 39.0. The Hall–Kier alpha value is -3.48. The molecule has 6 rings (SSSR count). The van der Waals surface area contributed by atoms with Crippen LogP contribution in [0.5, 0.6) is 5.75 Å². The molecule has 1 amide bonds. The van der Waals surface area contributed by atoms with Crippen molar-refractivity contribution < 1.29 is 75.3 Å². The van der Waals surface area contributed by atoms with E-state index in [2.05, 4.69) is 73.0 Å². The molecule has 404 valence electrons. The Balaban J connectivity index is 1.27. The van der Waals surface area contributed by atoms with Crippen LogP contribution >= 0.6 is 0 Å². The largest absolute Gasteiger partial charge is 0.467 e. The number of rotatable bonds is 19. The number of carbonyl (C=O) groups excluding carboxylic acids is 3. The topological polar surface area (TPSA) is 183 Å². The van der Waals surface area contributed by atoms with Gasteiger partial charge in [-0.05, 0) is 93.1 Å². The smallest absolute Gasteiger partial charge is 0.408 e. The summed E-state index contributed by atoms with van der Waals surface area (Å²) >= 11 is 0. The van der Waals surface area contributed by atoms with Gasteiger partial charge < -0.3 is 66.3 Å². The number of ether oxygens (including phenoxy) is 11. The van der Waals surface area contributed by atoms with Crippen LogP contribution in [0.1, 0.15) is 101 Å². The fraction of sp³-hybridized carbons (Fsp3) is 0.717. The minimum atomic E-state index is -2.38. The number of benzene rings is 2. The van der Waals surface area contributed by atoms with Gasteiger partial charge in [0.2, 0.25) is 6.29 Å². The highest BCUT2D eigenvalue weighted by atomic mass is 28.4. The van der Waals surface area contributed by atoms with Crippen LogP contribution in [0.2, 0.25) is 36.3 Å². The summed E-state index contributed by atoms with van der Waals surface area (Å²) in [6, 6.07) is 15.3. The van der Waals surface area contributed by atoms with Crippen molar-refractivity contribution in [1.29, 1.82) is 0 Å². The predicted octanol–water partition coefficient (Wildman–Crippen LogP) is 8.95. The summed E-state index contributed by atoms with van der Waals surface area (Å²) < 4.78 is 84.4. The fourth-order valence-corrected chi connectivity index (χ4v) is 10.5. The van der Waals surface area contributed by atoms with Gasteiger partial charge in [-0.2, -0.15) is 0 Å². The molecule has 0 radical (unpaired) electrons. The average Bonchev–Trinajstić information content (AvgIpc) is 3.80. The Bertz CT molecular complexity index is 2120. The molecule has 0 saturated carbocycles. The molecular formula is C53H83NO16Si2. The number of alkyl carbamates (subject to hydrolysis) is 1. The lowest BCUT2D eigenvalue weighted by Crippen LogP contribution is -2.65. The molecule has 1 N–H and O–H groups in total. The fourth-order valence-electron chi connectivity index (χ4n) is 8.44. The maximum Gasteiger partial charge on any atom is 0.408 e. The highest BCUT2D eigenvalue weighted by molar-refractivity contribution is 6.74. The van der Waals surface area contributed by atoms with E-state index in [9.17, 15) is 14.4 Å². The standard InChI is InChI=1S/C53H83NO16Si2/c1-32(2)27-39(55)65-40-37(30-60-71(14,15)50(3,4)5)64-48(45-42(40)67-52(9,10)70-45)66-41-38(31-61-72(16,17)51(6,7)8)63-47(44-43(41)68-53(11,12)69-44)62-35-25-23-33(24-26-35)28-36(46(56)58-13)54-49(57)59-29-34-21-19-18-20-22-34/h18-26,32,36-38,40-45,47-48H,27-31H2,1-17H3,(H,54,57)/t36-,37+,38+,40+,41+,42-,43-,44-,45-,47-,48+/m1/s1. The Kier molecular flexibility index (Phi) is 18.3. The van der Waals surface area contributed by atoms with Crippen molar-refractivity contribution in [2.45, 2.75) is 218 Å². The zero-order valence-corrected chi connectivity index (χ0v) is 47.7. The molecule has 4 fully saturated rings. The van der Waals surface area contributed by atoms with Gasteiger partial charge in [-0.25, -0.2) is 9.59 Å². The third kappa shape index (κ3) is 14.7. The number of amides is 1. The number of fused-ring (bicyclic) bond motifs is 2. The summed E-state index contributed by atoms with van der Waals surface area (Å²) in [5, 5.41) is 2.40. The summed E-state index contributed by atoms with van der Waals surface area (Å²) in [7, 11) is -3.44. The molecule has 0 aromatic heterocycles. The molecule has 2 aromatic carbocycles. The van der Waals surface area contributed by atoms with Gasteiger partial charge in [-0.1, -0.05) is 97.9 Å². The summed E-state index contributed by atoms with van der Waals surface area (Å²) in [5.74, 6) is -2.64. The molecule has 2 aromatic rings. The van der Waals surface area contributed by atoms with E-state index < -0.39 is 108 Å². The van der Waals surface area contributed by atoms with Crippen molar-refractivity contribution in [3.8, 4) is 5.75 Å². The maximum absolute atomic E-state index is 13.4. The van der Waals surface area contributed by atoms with E-state index >= 15 is 0 Å². The van der Waals surface area contributed by atoms with Crippen LogP contribution in [0.3, 0.4) is 0 Å². The van der Waals surface area contributed by atoms with Gasteiger partial charge in [0.25, 0.3) is 0 Å². The number of hydrogen-bond donors (Lipinski definition) is 1. The van der Waals surface area contributed by atoms with E-state index in [0.717, 1.165) is 11.1 Å². The second kappa shape index (κ2) is 22.8. The van der Waals surface area contributed by atoms with Gasteiger partial charge in [-0.3, -0.25) is 4.79 Å². The lowest BCUT2D eigenvalue weighted by atomic mass is 9.96. The normalized spacial score (nSPS) is 28.6. The van der Waals surface area contributed by atoms with Gasteiger partial charge in [0, 0.05) is 12.8 Å². The van der Waals surface area contributed by atoms with E-state index in [1.165, 1.54) is 7.11 Å². The molecule has 19 heteroatoms. The van der Waals surface area contributed by atoms with Crippen molar-refractivity contribution >= 4 is 34.7 Å². The third-order valence-electron chi connectivity index (χ3n) is 14.4. The van der Waals surface area contributed by atoms with Gasteiger partial charge >= 0.3 is 18.0 Å². The number of carbonyl (C=O) groups is 3. The minimum absolute atomic E-state index is 0.0437. The van der Waals surface area contributed by atoms with Gasteiger partial charge in [0.1, 0.15) is 55.0 Å². The van der Waals surface area contributed by atoms with Crippen LogP contribution in [-0.4, -0.2) is 134 Å². The monoisotopic (exact) mass is 1050 g/mol. The number of esters is 2. The van der Waals surface area contributed by atoms with Gasteiger partial charge in [-0.15, -0.1) is 0 Å². The number of methoxy groups -OCH3 is 1. The lowest BCUT2D eigenvalue weighted by Gasteiger charge is -2.47. The van der Waals surface area contributed by atoms with Crippen LogP contribution < -0.4 is 10.1 Å². The van der Waals surface area contributed by atoms with Crippen LogP contribution in [0.25, 0.3) is 0 Å². The maximum atomic E-state index is 13.4. The lowest BCUT2D eigenvalue weighted by molar-refractivity contribution is -0.333. The summed E-state index contributed by atoms with van der Waals surface area (Å²) in [6.07, 6.45) is -8.94. The second-order valence-corrected chi connectivity index (χ2v) is 33.4. The molecule has 0 bridgehead atoms. The molecule has 4 heterocycles. The first kappa shape index (κ1) is 57.8. The zero-order valence-electron chi connectivity index (χ0n) is 45.7. The first-order valence-electron chi connectivity index (χ1n) is 25.3. The Morgan fingerprint density at radius 3 is 1.71 bits per heavy atom. The van der Waals surface area contributed by atoms with Crippen molar-refractivity contribution in [1.82, 2.24) is 5.32 Å². The molecule has 4 aliphatic rings. The average molecular weight is 1050 g/mol. The molecule has 4 saturated heterocycles. The van der Waals surface area contributed by atoms with Crippen LogP contribution in [0, 0.1) is 5.92 Å². The van der Waals surface area contributed by atoms with E-state index in [1.807, 2.05) is 71.9 Å². The Morgan fingerprint density at radius 2 is 1.18 bits per heavy atom. The van der Waals surface area contributed by atoms with E-state index in [1.54, 1.807) is 24.3 Å². The Labute approximate surface area is 429 Å². The van der Waals surface area contributed by atoms with E-state index in [4.69, 9.17) is 61.0 Å². The predicted molar refractivity (Wildman–Crippen MR) is 272 cm³/mol. The van der Waals surface area contributed by atoms with Crippen LogP contribution in [-0.2, 0) is 78.8 Å². The van der Waals surface area contributed by atoms with Crippen LogP contribution in [0.4, 0.5) is 4.79 Å². The van der Waals surface area contributed by atoms with Crippen molar-refractivity contribution in [2.24, 2.45) is 5.92 Å². The van der Waals surface area contributed by atoms with Gasteiger partial charge in [0.05, 0.1) is 20.3 Å². The van der Waals surface area contributed by atoms with Crippen molar-refractivity contribution in [3.63, 3.8) is 0 Å². The summed E-state index contributed by atoms with van der Waals surface area (Å²) in [5.41, 5.74) is 1.53. The molecule has 0 aliphatic carbocycles.